The van der Waals surface area contributed by atoms with Crippen LogP contribution < -0.4 is 19.7 Å². The molecule has 1 N–H and O–H groups in total. The Hall–Kier alpha value is -4.43. The molecule has 0 saturated carbocycles. The highest BCUT2D eigenvalue weighted by Crippen LogP contribution is 2.37. The molecule has 0 spiro atoms. The molecule has 1 atom stereocenters. The van der Waals surface area contributed by atoms with Gasteiger partial charge in [0.15, 0.2) is 11.6 Å². The maximum absolute atomic E-state index is 14.7. The predicted octanol–water partition coefficient (Wildman–Crippen LogP) is 4.06. The summed E-state index contributed by atoms with van der Waals surface area (Å²) in [4.78, 5) is 28.1. The molecule has 0 radical (unpaired) electrons. The molecule has 4 aromatic rings. The van der Waals surface area contributed by atoms with E-state index in [1.807, 2.05) is 23.1 Å². The molecule has 2 aliphatic rings. The monoisotopic (exact) mass is 625 g/mol. The first-order chi connectivity index (χ1) is 21.3. The van der Waals surface area contributed by atoms with Gasteiger partial charge in [-0.15, -0.1) is 0 Å². The van der Waals surface area contributed by atoms with Crippen molar-refractivity contribution in [2.24, 2.45) is 0 Å². The molecule has 0 fully saturated rings. The molecular formula is C30H29F2N5O6S. The third-order valence-electron chi connectivity index (χ3n) is 7.43. The average Bonchev–Trinajstić information content (AvgIpc) is 3.14. The van der Waals surface area contributed by atoms with Crippen LogP contribution in [0.3, 0.4) is 0 Å². The van der Waals surface area contributed by atoms with Crippen molar-refractivity contribution in [1.82, 2.24) is 20.3 Å². The number of halogens is 2. The zero-order chi connectivity index (χ0) is 30.8. The van der Waals surface area contributed by atoms with Gasteiger partial charge in [-0.1, -0.05) is 0 Å². The predicted molar refractivity (Wildman–Crippen MR) is 156 cm³/mol. The summed E-state index contributed by atoms with van der Waals surface area (Å²) >= 11 is 0. The van der Waals surface area contributed by atoms with Crippen LogP contribution in [0.4, 0.5) is 20.4 Å². The molecule has 0 aliphatic carbocycles. The number of nitrogens with zero attached hydrogens (tertiary/aromatic N) is 4. The molecule has 1 aromatic carbocycles. The van der Waals surface area contributed by atoms with Crippen molar-refractivity contribution < 1.29 is 36.2 Å². The van der Waals surface area contributed by atoms with Crippen LogP contribution in [0.5, 0.6) is 11.5 Å². The van der Waals surface area contributed by atoms with Crippen molar-refractivity contribution in [3.05, 3.63) is 71.4 Å². The van der Waals surface area contributed by atoms with E-state index in [-0.39, 0.29) is 18.7 Å². The van der Waals surface area contributed by atoms with Gasteiger partial charge in [-0.2, -0.15) is 0 Å². The SMILES string of the molecule is COCCOc1ccnc2c1CCCN2c1ccc2cnc(CNC(=O)c3cc(F)c4c(c3)S(=O)(=O)[C@@H](F)CCO4)cc2n1. The fourth-order valence-corrected chi connectivity index (χ4v) is 6.60. The van der Waals surface area contributed by atoms with Gasteiger partial charge in [0.1, 0.15) is 28.9 Å². The van der Waals surface area contributed by atoms with E-state index in [0.29, 0.717) is 30.2 Å². The van der Waals surface area contributed by atoms with E-state index in [9.17, 15) is 22.0 Å². The fourth-order valence-electron chi connectivity index (χ4n) is 5.21. The molecule has 11 nitrogen and oxygen atoms in total. The van der Waals surface area contributed by atoms with Crippen molar-refractivity contribution in [3.63, 3.8) is 0 Å². The van der Waals surface area contributed by atoms with E-state index in [1.165, 1.54) is 0 Å². The second-order valence-electron chi connectivity index (χ2n) is 10.3. The largest absolute Gasteiger partial charge is 0.491 e. The van der Waals surface area contributed by atoms with Gasteiger partial charge in [-0.25, -0.2) is 27.2 Å². The third-order valence-corrected chi connectivity index (χ3v) is 9.25. The molecule has 3 aromatic heterocycles. The Morgan fingerprint density at radius 3 is 2.89 bits per heavy atom. The van der Waals surface area contributed by atoms with E-state index in [2.05, 4.69) is 15.3 Å². The first-order valence-electron chi connectivity index (χ1n) is 14.0. The van der Waals surface area contributed by atoms with E-state index in [0.717, 1.165) is 54.0 Å². The van der Waals surface area contributed by atoms with E-state index >= 15 is 0 Å². The molecule has 44 heavy (non-hydrogen) atoms. The molecule has 1 amide bonds. The Morgan fingerprint density at radius 2 is 2.05 bits per heavy atom. The molecule has 0 saturated heterocycles. The van der Waals surface area contributed by atoms with Gasteiger partial charge in [-0.05, 0) is 49.2 Å². The second-order valence-corrected chi connectivity index (χ2v) is 12.3. The molecule has 0 unspecified atom stereocenters. The summed E-state index contributed by atoms with van der Waals surface area (Å²) in [6.45, 7) is 1.27. The van der Waals surface area contributed by atoms with E-state index in [1.54, 1.807) is 25.6 Å². The smallest absolute Gasteiger partial charge is 0.251 e. The highest BCUT2D eigenvalue weighted by atomic mass is 32.2. The number of carbonyl (C=O) groups is 1. The summed E-state index contributed by atoms with van der Waals surface area (Å²) in [6, 6.07) is 9.17. The van der Waals surface area contributed by atoms with Gasteiger partial charge in [0.2, 0.25) is 15.3 Å². The van der Waals surface area contributed by atoms with Gasteiger partial charge < -0.3 is 24.4 Å². The number of amides is 1. The molecule has 0 bridgehead atoms. The summed E-state index contributed by atoms with van der Waals surface area (Å²) in [5, 5.41) is 3.40. The number of ether oxygens (including phenoxy) is 3. The van der Waals surface area contributed by atoms with Crippen LogP contribution in [-0.4, -0.2) is 68.3 Å². The summed E-state index contributed by atoms with van der Waals surface area (Å²) < 4.78 is 70.2. The number of methoxy groups -OCH3 is 1. The number of aromatic nitrogens is 3. The number of hydrogen-bond donors (Lipinski definition) is 1. The van der Waals surface area contributed by atoms with Crippen molar-refractivity contribution in [2.75, 3.05) is 38.4 Å². The van der Waals surface area contributed by atoms with Crippen LogP contribution in [0.15, 0.2) is 53.7 Å². The number of anilines is 2. The second kappa shape index (κ2) is 12.3. The zero-order valence-electron chi connectivity index (χ0n) is 23.8. The number of pyridine rings is 3. The van der Waals surface area contributed by atoms with Crippen LogP contribution in [0.2, 0.25) is 0 Å². The summed E-state index contributed by atoms with van der Waals surface area (Å²) in [7, 11) is -2.90. The average molecular weight is 626 g/mol. The Morgan fingerprint density at radius 1 is 1.18 bits per heavy atom. The topological polar surface area (TPSA) is 133 Å². The lowest BCUT2D eigenvalue weighted by atomic mass is 10.0. The van der Waals surface area contributed by atoms with Crippen LogP contribution in [0.1, 0.15) is 34.5 Å². The fraction of sp³-hybridized carbons (Fsp3) is 0.333. The maximum Gasteiger partial charge on any atom is 0.251 e. The maximum atomic E-state index is 14.7. The van der Waals surface area contributed by atoms with Crippen molar-refractivity contribution in [1.29, 1.82) is 0 Å². The number of fused-ring (bicyclic) bond motifs is 3. The van der Waals surface area contributed by atoms with E-state index in [4.69, 9.17) is 19.2 Å². The number of sulfone groups is 1. The zero-order valence-corrected chi connectivity index (χ0v) is 24.6. The number of alkyl halides is 1. The van der Waals surface area contributed by atoms with Gasteiger partial charge in [0.05, 0.1) is 31.0 Å². The standard InChI is InChI=1S/C30H29F2N5O6S/c1-41-11-12-42-24-6-8-33-29-21(24)3-2-9-37(29)27-5-4-18-16-34-20(15-23(18)36-27)17-35-30(38)19-13-22(31)28-25(14-19)44(39,40)26(32)7-10-43-28/h4-6,8,13-16,26H,2-3,7,9-12,17H2,1H3,(H,35,38)/t26-/m1/s1. The Kier molecular flexibility index (Phi) is 8.27. The lowest BCUT2D eigenvalue weighted by molar-refractivity contribution is 0.0949. The Labute approximate surface area is 252 Å². The Balaban J connectivity index is 1.22. The number of hydrogen-bond acceptors (Lipinski definition) is 10. The lowest BCUT2D eigenvalue weighted by Gasteiger charge is -2.30. The number of benzene rings is 1. The van der Waals surface area contributed by atoms with Gasteiger partial charge >= 0.3 is 0 Å². The first kappa shape index (κ1) is 29.6. The molecule has 230 valence electrons. The highest BCUT2D eigenvalue weighted by Gasteiger charge is 2.35. The normalized spacial score (nSPS) is 17.2. The Bertz CT molecular complexity index is 1840. The molecule has 2 aliphatic heterocycles. The van der Waals surface area contributed by atoms with Gasteiger partial charge in [0, 0.05) is 49.0 Å². The molecule has 14 heteroatoms. The number of rotatable bonds is 8. The quantitative estimate of drug-likeness (QED) is 0.286. The van der Waals surface area contributed by atoms with E-state index < -0.39 is 44.1 Å². The first-order valence-corrected chi connectivity index (χ1v) is 15.6. The third kappa shape index (κ3) is 5.74. The molecule has 6 rings (SSSR count). The minimum absolute atomic E-state index is 0.0509. The lowest BCUT2D eigenvalue weighted by Crippen LogP contribution is -2.27. The van der Waals surface area contributed by atoms with Crippen LogP contribution in [-0.2, 0) is 27.5 Å². The summed E-state index contributed by atoms with van der Waals surface area (Å²) in [6.07, 6.45) is 4.61. The number of nitrogens with one attached hydrogen (secondary N) is 1. The van der Waals surface area contributed by atoms with Gasteiger partial charge in [-0.3, -0.25) is 9.78 Å². The van der Waals surface area contributed by atoms with Crippen molar-refractivity contribution in [3.8, 4) is 11.5 Å². The summed E-state index contributed by atoms with van der Waals surface area (Å²) in [5.41, 5.74) is -0.437. The summed E-state index contributed by atoms with van der Waals surface area (Å²) in [5.74, 6) is -0.168. The molecule has 5 heterocycles. The minimum atomic E-state index is -4.52. The van der Waals surface area contributed by atoms with Crippen LogP contribution in [0.25, 0.3) is 10.9 Å². The van der Waals surface area contributed by atoms with Crippen LogP contribution in [0, 0.1) is 5.82 Å². The van der Waals surface area contributed by atoms with Crippen molar-refractivity contribution >= 4 is 38.3 Å². The van der Waals surface area contributed by atoms with Gasteiger partial charge in [0.25, 0.3) is 5.91 Å². The van der Waals surface area contributed by atoms with Crippen molar-refractivity contribution in [2.45, 2.75) is 36.2 Å². The highest BCUT2D eigenvalue weighted by molar-refractivity contribution is 7.92. The molecular weight excluding hydrogens is 596 g/mol. The van der Waals surface area contributed by atoms with Crippen LogP contribution >= 0.6 is 0 Å². The minimum Gasteiger partial charge on any atom is -0.491 e. The number of carbonyl (C=O) groups excluding carboxylic acids is 1.